The fourth-order valence-corrected chi connectivity index (χ4v) is 22.3. The third-order valence-corrected chi connectivity index (χ3v) is 23.7. The predicted molar refractivity (Wildman–Crippen MR) is 229 cm³/mol. The highest BCUT2D eigenvalue weighted by Crippen LogP contribution is 2.30. The second kappa shape index (κ2) is 31.7. The largest absolute Gasteiger partial charge is 0.481 e. The molecule has 2 atom stereocenters. The minimum atomic E-state index is -1.08. The monoisotopic (exact) mass is 886 g/mol. The Labute approximate surface area is 327 Å². The molecule has 0 radical (unpaired) electrons. The lowest BCUT2D eigenvalue weighted by atomic mass is 9.82. The van der Waals surface area contributed by atoms with Crippen LogP contribution in [0, 0.1) is 10.8 Å². The van der Waals surface area contributed by atoms with Gasteiger partial charge in [-0.05, 0) is 59.9 Å². The van der Waals surface area contributed by atoms with E-state index in [1.807, 2.05) is 70.2 Å². The van der Waals surface area contributed by atoms with Crippen LogP contribution in [0.3, 0.4) is 0 Å². The van der Waals surface area contributed by atoms with Gasteiger partial charge in [0.1, 0.15) is 6.61 Å². The van der Waals surface area contributed by atoms with Crippen molar-refractivity contribution < 1.29 is 38.5 Å². The first-order valence-corrected chi connectivity index (χ1v) is 27.0. The molecule has 19 heteroatoms. The summed E-state index contributed by atoms with van der Waals surface area (Å²) in [5.41, 5.74) is 1.04. The van der Waals surface area contributed by atoms with E-state index < -0.39 is 28.7 Å². The van der Waals surface area contributed by atoms with Crippen LogP contribution in [-0.4, -0.2) is 43.2 Å². The van der Waals surface area contributed by atoms with Crippen molar-refractivity contribution in [2.75, 3.05) is 14.2 Å². The summed E-state index contributed by atoms with van der Waals surface area (Å²) in [6, 6.07) is 9.46. The van der Waals surface area contributed by atoms with Gasteiger partial charge in [0.15, 0.2) is 0 Å². The van der Waals surface area contributed by atoms with Gasteiger partial charge in [-0.2, -0.15) is 0 Å². The van der Waals surface area contributed by atoms with Crippen molar-refractivity contribution in [3.8, 4) is 0 Å². The molecule has 1 aromatic carbocycles. The van der Waals surface area contributed by atoms with E-state index >= 15 is 0 Å². The molecule has 0 aliphatic carbocycles. The van der Waals surface area contributed by atoms with Gasteiger partial charge in [-0.3, -0.25) is 19.2 Å². The fourth-order valence-electron chi connectivity index (χ4n) is 3.08. The molecule has 1 aromatic rings. The van der Waals surface area contributed by atoms with Crippen LogP contribution in [0.25, 0.3) is 0 Å². The van der Waals surface area contributed by atoms with Crippen LogP contribution < -0.4 is 0 Å². The smallest absolute Gasteiger partial charge is 0.313 e. The molecular formula is C30H46O8S11. The molecule has 0 aromatic heterocycles. The molecule has 1 N–H and O–H groups in total. The normalized spacial score (nSPS) is 11.6. The van der Waals surface area contributed by atoms with Crippen LogP contribution in [0.2, 0.25) is 0 Å². The maximum atomic E-state index is 12.4. The Bertz CT molecular complexity index is 1620. The Morgan fingerprint density at radius 2 is 1.10 bits per heavy atom. The van der Waals surface area contributed by atoms with E-state index in [4.69, 9.17) is 14.6 Å². The second-order valence-corrected chi connectivity index (χ2v) is 26.5. The molecule has 0 bridgehead atoms. The van der Waals surface area contributed by atoms with Crippen LogP contribution in [-0.2, 0) is 142 Å². The number of carbonyl (C=O) groups excluding carboxylic acids is 3. The zero-order valence-corrected chi connectivity index (χ0v) is 36.9. The van der Waals surface area contributed by atoms with Gasteiger partial charge in [-0.15, -0.1) is 0 Å². The molecule has 0 spiro atoms. The van der Waals surface area contributed by atoms with Crippen LogP contribution in [0.4, 0.5) is 0 Å². The standard InChI is InChI=1S/C18H24O4.C11H18O4.CH4.S11/c1-14(2)10-11-18(3,12-16(19)21-4)17(20)22-13-15-8-6-5-7-9-15;1-8(2)5-6-11(3,10(13)14)7-9(12)15-4;;1-3-5-7-9-11-10-8-6-4-2/h5-10H,11-13H2,1-4H3;5H,6-7H2,1-4H3,(H,13,14);1H4;/t18-;11-;;/m00../s1. The van der Waals surface area contributed by atoms with Crippen LogP contribution in [0.15, 0.2) is 53.6 Å². The number of benzene rings is 1. The number of esters is 3. The SMILES string of the molecule is C.COC(=O)C[C@](C)(CC=C(C)C)C(=O)O.COC(=O)C[C@](C)(CC=C(C)C)C(=O)OCc1ccccc1.S=S=S=S=S=S=S=S=S=S=S. The van der Waals surface area contributed by atoms with E-state index in [-0.39, 0.29) is 32.8 Å². The quantitative estimate of drug-likeness (QED) is 0.147. The second-order valence-electron chi connectivity index (χ2n) is 10.6. The molecule has 0 saturated heterocycles. The number of ether oxygens (including phenoxy) is 3. The summed E-state index contributed by atoms with van der Waals surface area (Å²) in [7, 11) is 17.1. The van der Waals surface area contributed by atoms with Gasteiger partial charge >= 0.3 is 23.9 Å². The van der Waals surface area contributed by atoms with Crippen molar-refractivity contribution in [3.63, 3.8) is 0 Å². The maximum absolute atomic E-state index is 12.4. The summed E-state index contributed by atoms with van der Waals surface area (Å²) >= 11 is 9.35. The summed E-state index contributed by atoms with van der Waals surface area (Å²) in [5, 5.41) is 9.05. The molecule has 49 heavy (non-hydrogen) atoms. The highest BCUT2D eigenvalue weighted by Gasteiger charge is 2.37. The van der Waals surface area contributed by atoms with Crippen molar-refractivity contribution >= 4 is 126 Å². The first kappa shape index (κ1) is 52.4. The fraction of sp³-hybridized carbons (Fsp3) is 0.533. The molecule has 0 fully saturated rings. The van der Waals surface area contributed by atoms with Crippen molar-refractivity contribution in [2.45, 2.75) is 81.3 Å². The van der Waals surface area contributed by atoms with Gasteiger partial charge in [-0.25, -0.2) is 0 Å². The number of carboxylic acids is 1. The van der Waals surface area contributed by atoms with E-state index in [9.17, 15) is 19.2 Å². The van der Waals surface area contributed by atoms with Crippen molar-refractivity contribution in [3.05, 3.63) is 59.2 Å². The van der Waals surface area contributed by atoms with Gasteiger partial charge in [0, 0.05) is 102 Å². The van der Waals surface area contributed by atoms with Gasteiger partial charge < -0.3 is 19.3 Å². The van der Waals surface area contributed by atoms with Crippen molar-refractivity contribution in [1.82, 2.24) is 0 Å². The topological polar surface area (TPSA) is 116 Å². The molecule has 0 amide bonds. The summed E-state index contributed by atoms with van der Waals surface area (Å²) < 4.78 is 14.6. The van der Waals surface area contributed by atoms with Crippen LogP contribution >= 0.6 is 0 Å². The van der Waals surface area contributed by atoms with Crippen LogP contribution in [0.1, 0.15) is 80.2 Å². The number of aliphatic carboxylic acids is 1. The number of hydrogen-bond donors (Lipinski definition) is 1. The lowest BCUT2D eigenvalue weighted by Crippen LogP contribution is -2.32. The zero-order valence-electron chi connectivity index (χ0n) is 27.9. The molecular weight excluding hydrogens is 841 g/mol. The first-order valence-electron chi connectivity index (χ1n) is 13.7. The van der Waals surface area contributed by atoms with Gasteiger partial charge in [0.05, 0.1) is 37.9 Å². The number of hydrogen-bond acceptors (Lipinski definition) is 9. The molecule has 0 aliphatic heterocycles. The van der Waals surface area contributed by atoms with Gasteiger partial charge in [0.2, 0.25) is 0 Å². The molecule has 0 saturated carbocycles. The average molecular weight is 887 g/mol. The number of allylic oxidation sites excluding steroid dienone is 4. The minimum absolute atomic E-state index is 0. The van der Waals surface area contributed by atoms with E-state index in [1.54, 1.807) is 76.0 Å². The van der Waals surface area contributed by atoms with E-state index in [1.165, 1.54) is 32.0 Å². The number of methoxy groups -OCH3 is 2. The molecule has 8 nitrogen and oxygen atoms in total. The summed E-state index contributed by atoms with van der Waals surface area (Å²) in [5.74, 6) is -2.28. The Kier molecular flexibility index (Phi) is 33.9. The average Bonchev–Trinajstić information content (AvgIpc) is 3.05. The van der Waals surface area contributed by atoms with Gasteiger partial charge in [0.25, 0.3) is 0 Å². The third-order valence-electron chi connectivity index (χ3n) is 5.89. The number of rotatable bonds is 12. The number of carbonyl (C=O) groups is 4. The minimum Gasteiger partial charge on any atom is -0.481 e. The highest BCUT2D eigenvalue weighted by atomic mass is 33.4. The van der Waals surface area contributed by atoms with Gasteiger partial charge in [-0.1, -0.05) is 61.1 Å². The molecule has 1 rings (SSSR count). The van der Waals surface area contributed by atoms with E-state index in [2.05, 4.69) is 27.1 Å². The predicted octanol–water partition coefficient (Wildman–Crippen LogP) is 6.26. The lowest BCUT2D eigenvalue weighted by Gasteiger charge is -2.25. The Morgan fingerprint density at radius 3 is 1.47 bits per heavy atom. The first-order chi connectivity index (χ1) is 22.6. The Hall–Kier alpha value is -1.000. The molecule has 280 valence electrons. The summed E-state index contributed by atoms with van der Waals surface area (Å²) in [6.45, 7) is 11.2. The highest BCUT2D eigenvalue weighted by molar-refractivity contribution is 8.74. The van der Waals surface area contributed by atoms with E-state index in [0.717, 1.165) is 16.7 Å². The molecule has 0 heterocycles. The summed E-state index contributed by atoms with van der Waals surface area (Å²) in [6.07, 6.45) is 4.42. The Morgan fingerprint density at radius 1 is 0.714 bits per heavy atom. The van der Waals surface area contributed by atoms with E-state index in [0.29, 0.717) is 12.8 Å². The Balaban J connectivity index is -0.000000685. The van der Waals surface area contributed by atoms with Crippen molar-refractivity contribution in [1.29, 1.82) is 0 Å². The zero-order chi connectivity index (χ0) is 37.0. The maximum Gasteiger partial charge on any atom is 0.313 e. The number of carboxylic acid groups (broad SMARTS) is 1. The van der Waals surface area contributed by atoms with Crippen molar-refractivity contribution in [2.24, 2.45) is 10.8 Å². The molecule has 0 aliphatic rings. The van der Waals surface area contributed by atoms with Crippen LogP contribution in [0.5, 0.6) is 0 Å². The molecule has 0 unspecified atom stereocenters. The summed E-state index contributed by atoms with van der Waals surface area (Å²) in [4.78, 5) is 46.2. The lowest BCUT2D eigenvalue weighted by molar-refractivity contribution is -0.161. The third kappa shape index (κ3) is 28.3.